The Balaban J connectivity index is 2.33. The number of benzene rings is 1. The van der Waals surface area contributed by atoms with Crippen molar-refractivity contribution in [2.75, 3.05) is 13.7 Å². The Bertz CT molecular complexity index is 500. The molecule has 0 fully saturated rings. The summed E-state index contributed by atoms with van der Waals surface area (Å²) in [4.78, 5) is 11.6. The van der Waals surface area contributed by atoms with Crippen LogP contribution in [0.1, 0.15) is 18.1 Å². The van der Waals surface area contributed by atoms with Gasteiger partial charge in [0.1, 0.15) is 0 Å². The van der Waals surface area contributed by atoms with E-state index in [2.05, 4.69) is 16.2 Å². The first-order valence-corrected chi connectivity index (χ1v) is 7.02. The van der Waals surface area contributed by atoms with Crippen molar-refractivity contribution in [2.45, 2.75) is 19.9 Å². The summed E-state index contributed by atoms with van der Waals surface area (Å²) in [5, 5.41) is 3.32. The number of rotatable bonds is 5. The second-order valence-electron chi connectivity index (χ2n) is 4.69. The van der Waals surface area contributed by atoms with Gasteiger partial charge in [-0.15, -0.1) is 0 Å². The molecule has 1 amide bonds. The Morgan fingerprint density at radius 2 is 2.00 bits per heavy atom. The minimum atomic E-state index is -0.279. The molecule has 0 heterocycles. The molecule has 0 saturated carbocycles. The van der Waals surface area contributed by atoms with Crippen molar-refractivity contribution < 1.29 is 9.53 Å². The first kappa shape index (κ1) is 17.1. The average molecular weight is 307 g/mol. The smallest absolute Gasteiger partial charge is 0.262 e. The lowest BCUT2D eigenvalue weighted by Crippen LogP contribution is -2.49. The largest absolute Gasteiger partial charge is 0.383 e. The molecule has 0 unspecified atom stereocenters. The Hall–Kier alpha value is -1.92. The van der Waals surface area contributed by atoms with Gasteiger partial charge in [-0.3, -0.25) is 15.6 Å². The predicted octanol–water partition coefficient (Wildman–Crippen LogP) is 1.54. The number of carbonyl (C=O) groups is 1. The zero-order valence-electron chi connectivity index (χ0n) is 12.5. The topological polar surface area (TPSA) is 62.4 Å². The Morgan fingerprint density at radius 3 is 2.62 bits per heavy atom. The maximum absolute atomic E-state index is 11.6. The van der Waals surface area contributed by atoms with Crippen LogP contribution in [0.25, 0.3) is 6.08 Å². The third-order valence-electron chi connectivity index (χ3n) is 2.60. The standard InChI is InChI=1S/C15H21N3O2S/c1-11-4-6-13(7-5-11)8-9-14(19)17-18-15(21)16-12(2)10-20-3/h4-9,12H,10H2,1-3H3,(H,17,19)(H2,16,18,21)/b9-8+/t12-/m0/s1. The molecular formula is C15H21N3O2S. The minimum Gasteiger partial charge on any atom is -0.383 e. The monoisotopic (exact) mass is 307 g/mol. The summed E-state index contributed by atoms with van der Waals surface area (Å²) in [5.41, 5.74) is 7.27. The van der Waals surface area contributed by atoms with Crippen molar-refractivity contribution in [3.8, 4) is 0 Å². The SMILES string of the molecule is COC[C@H](C)NC(=S)NNC(=O)/C=C/c1ccc(C)cc1. The molecule has 0 saturated heterocycles. The van der Waals surface area contributed by atoms with E-state index in [0.29, 0.717) is 11.7 Å². The summed E-state index contributed by atoms with van der Waals surface area (Å²) >= 11 is 5.04. The van der Waals surface area contributed by atoms with Crippen molar-refractivity contribution in [3.05, 3.63) is 41.5 Å². The maximum atomic E-state index is 11.6. The zero-order chi connectivity index (χ0) is 15.7. The normalized spacial score (nSPS) is 12.0. The third-order valence-corrected chi connectivity index (χ3v) is 2.82. The van der Waals surface area contributed by atoms with Crippen molar-refractivity contribution in [2.24, 2.45) is 0 Å². The molecule has 1 rings (SSSR count). The molecule has 6 heteroatoms. The minimum absolute atomic E-state index is 0.0648. The summed E-state index contributed by atoms with van der Waals surface area (Å²) in [6.07, 6.45) is 3.18. The number of thiocarbonyl (C=S) groups is 1. The molecule has 0 aliphatic heterocycles. The molecular weight excluding hydrogens is 286 g/mol. The van der Waals surface area contributed by atoms with E-state index in [0.717, 1.165) is 5.56 Å². The summed E-state index contributed by atoms with van der Waals surface area (Å²) in [6, 6.07) is 7.95. The van der Waals surface area contributed by atoms with Crippen molar-refractivity contribution in [1.29, 1.82) is 0 Å². The molecule has 0 bridgehead atoms. The molecule has 1 aromatic carbocycles. The first-order chi connectivity index (χ1) is 10.0. The first-order valence-electron chi connectivity index (χ1n) is 6.61. The van der Waals surface area contributed by atoms with Crippen molar-refractivity contribution >= 4 is 29.3 Å². The van der Waals surface area contributed by atoms with E-state index in [1.54, 1.807) is 13.2 Å². The van der Waals surface area contributed by atoms with Crippen LogP contribution in [0.2, 0.25) is 0 Å². The van der Waals surface area contributed by atoms with Crippen LogP contribution in [0.4, 0.5) is 0 Å². The van der Waals surface area contributed by atoms with E-state index in [9.17, 15) is 4.79 Å². The summed E-state index contributed by atoms with van der Waals surface area (Å²) in [5.74, 6) is -0.279. The van der Waals surface area contributed by atoms with E-state index >= 15 is 0 Å². The highest BCUT2D eigenvalue weighted by atomic mass is 32.1. The second-order valence-corrected chi connectivity index (χ2v) is 5.10. The highest BCUT2D eigenvalue weighted by molar-refractivity contribution is 7.80. The fourth-order valence-corrected chi connectivity index (χ4v) is 1.81. The highest BCUT2D eigenvalue weighted by Gasteiger charge is 2.03. The number of amides is 1. The molecule has 0 aromatic heterocycles. The van der Waals surface area contributed by atoms with Gasteiger partial charge in [-0.1, -0.05) is 29.8 Å². The van der Waals surface area contributed by atoms with E-state index in [4.69, 9.17) is 17.0 Å². The Morgan fingerprint density at radius 1 is 1.33 bits per heavy atom. The van der Waals surface area contributed by atoms with Crippen molar-refractivity contribution in [1.82, 2.24) is 16.2 Å². The number of ether oxygens (including phenoxy) is 1. The number of carbonyl (C=O) groups excluding carboxylic acids is 1. The fourth-order valence-electron chi connectivity index (χ4n) is 1.56. The summed E-state index contributed by atoms with van der Waals surface area (Å²) in [7, 11) is 1.62. The number of hydrazine groups is 1. The van der Waals surface area contributed by atoms with Crippen LogP contribution < -0.4 is 16.2 Å². The van der Waals surface area contributed by atoms with Gasteiger partial charge in [0.15, 0.2) is 5.11 Å². The van der Waals surface area contributed by atoms with Gasteiger partial charge in [-0.05, 0) is 37.7 Å². The lowest BCUT2D eigenvalue weighted by molar-refractivity contribution is -0.116. The van der Waals surface area contributed by atoms with Crippen molar-refractivity contribution in [3.63, 3.8) is 0 Å². The number of aryl methyl sites for hydroxylation is 1. The van der Waals surface area contributed by atoms with Crippen LogP contribution in [0.15, 0.2) is 30.3 Å². The number of methoxy groups -OCH3 is 1. The van der Waals surface area contributed by atoms with Gasteiger partial charge in [0.2, 0.25) is 0 Å². The maximum Gasteiger partial charge on any atom is 0.262 e. The van der Waals surface area contributed by atoms with E-state index < -0.39 is 0 Å². The molecule has 5 nitrogen and oxygen atoms in total. The van der Waals surface area contributed by atoms with Crippen LogP contribution in [0.3, 0.4) is 0 Å². The lowest BCUT2D eigenvalue weighted by atomic mass is 10.1. The molecule has 1 atom stereocenters. The van der Waals surface area contributed by atoms with Gasteiger partial charge in [0, 0.05) is 19.2 Å². The molecule has 0 spiro atoms. The molecule has 114 valence electrons. The van der Waals surface area contributed by atoms with Gasteiger partial charge in [-0.25, -0.2) is 0 Å². The van der Waals surface area contributed by atoms with Crippen LogP contribution >= 0.6 is 12.2 Å². The quantitative estimate of drug-likeness (QED) is 0.437. The second kappa shape index (κ2) is 9.10. The number of hydrogen-bond acceptors (Lipinski definition) is 3. The molecule has 1 aromatic rings. The summed E-state index contributed by atoms with van der Waals surface area (Å²) in [6.45, 7) is 4.47. The third kappa shape index (κ3) is 7.43. The van der Waals surface area contributed by atoms with Gasteiger partial charge < -0.3 is 10.1 Å². The zero-order valence-corrected chi connectivity index (χ0v) is 13.3. The van der Waals surface area contributed by atoms with Crippen LogP contribution in [-0.2, 0) is 9.53 Å². The van der Waals surface area contributed by atoms with Crippen LogP contribution in [-0.4, -0.2) is 30.8 Å². The Kier molecular flexibility index (Phi) is 7.42. The van der Waals surface area contributed by atoms with Crippen LogP contribution in [0.5, 0.6) is 0 Å². The van der Waals surface area contributed by atoms with Gasteiger partial charge >= 0.3 is 0 Å². The fraction of sp³-hybridized carbons (Fsp3) is 0.333. The molecule has 0 radical (unpaired) electrons. The lowest BCUT2D eigenvalue weighted by Gasteiger charge is -2.15. The van der Waals surface area contributed by atoms with E-state index in [1.807, 2.05) is 38.1 Å². The van der Waals surface area contributed by atoms with E-state index in [1.165, 1.54) is 11.6 Å². The van der Waals surface area contributed by atoms with Crippen LogP contribution in [0, 0.1) is 6.92 Å². The molecule has 21 heavy (non-hydrogen) atoms. The average Bonchev–Trinajstić information content (AvgIpc) is 2.44. The predicted molar refractivity (Wildman–Crippen MR) is 88.6 cm³/mol. The molecule has 0 aliphatic carbocycles. The molecule has 0 aliphatic rings. The molecule has 3 N–H and O–H groups in total. The highest BCUT2D eigenvalue weighted by Crippen LogP contribution is 2.04. The Labute approximate surface area is 130 Å². The van der Waals surface area contributed by atoms with Gasteiger partial charge in [0.25, 0.3) is 5.91 Å². The van der Waals surface area contributed by atoms with Gasteiger partial charge in [-0.2, -0.15) is 0 Å². The number of nitrogens with one attached hydrogen (secondary N) is 3. The number of hydrogen-bond donors (Lipinski definition) is 3. The van der Waals surface area contributed by atoms with E-state index in [-0.39, 0.29) is 11.9 Å². The summed E-state index contributed by atoms with van der Waals surface area (Å²) < 4.78 is 4.98. The van der Waals surface area contributed by atoms with Gasteiger partial charge in [0.05, 0.1) is 6.61 Å².